The fraction of sp³-hybridized carbons (Fsp3) is 0.385. The van der Waals surface area contributed by atoms with E-state index >= 15 is 0 Å². The Balaban J connectivity index is 2.06. The Bertz CT molecular complexity index is 468. The summed E-state index contributed by atoms with van der Waals surface area (Å²) in [5.74, 6) is 0.390. The lowest BCUT2D eigenvalue weighted by atomic mass is 9.81. The maximum atomic E-state index is 11.9. The summed E-state index contributed by atoms with van der Waals surface area (Å²) in [4.78, 5) is 16.3. The predicted molar refractivity (Wildman–Crippen MR) is 61.5 cm³/mol. The van der Waals surface area contributed by atoms with Crippen molar-refractivity contribution < 1.29 is 9.90 Å². The zero-order valence-corrected chi connectivity index (χ0v) is 8.89. The van der Waals surface area contributed by atoms with Crippen molar-refractivity contribution in [3.05, 3.63) is 35.6 Å². The first-order valence-electron chi connectivity index (χ1n) is 5.60. The number of hydrogen-bond acceptors (Lipinski definition) is 3. The number of ketones is 1. The van der Waals surface area contributed by atoms with Crippen LogP contribution in [0.1, 0.15) is 12.8 Å². The maximum Gasteiger partial charge on any atom is 0.142 e. The second-order valence-electron chi connectivity index (χ2n) is 4.43. The first-order valence-corrected chi connectivity index (χ1v) is 5.60. The van der Waals surface area contributed by atoms with Crippen molar-refractivity contribution in [1.29, 1.82) is 0 Å². The minimum absolute atomic E-state index is 0.00116. The van der Waals surface area contributed by atoms with Gasteiger partial charge in [0.1, 0.15) is 11.5 Å². The van der Waals surface area contributed by atoms with E-state index in [1.54, 1.807) is 12.2 Å². The SMILES string of the molecule is O=C1CCC2=NCC=C3C=CC(O)=CC3C12. The summed E-state index contributed by atoms with van der Waals surface area (Å²) in [6, 6.07) is 0. The van der Waals surface area contributed by atoms with E-state index < -0.39 is 0 Å². The summed E-state index contributed by atoms with van der Waals surface area (Å²) >= 11 is 0. The Kier molecular flexibility index (Phi) is 2.06. The predicted octanol–water partition coefficient (Wildman–Crippen LogP) is 1.97. The molecule has 2 unspecified atom stereocenters. The summed E-state index contributed by atoms with van der Waals surface area (Å²) in [5, 5.41) is 9.54. The van der Waals surface area contributed by atoms with E-state index in [1.165, 1.54) is 0 Å². The summed E-state index contributed by atoms with van der Waals surface area (Å²) in [6.45, 7) is 0.657. The maximum absolute atomic E-state index is 11.9. The molecule has 1 fully saturated rings. The van der Waals surface area contributed by atoms with Gasteiger partial charge in [-0.15, -0.1) is 0 Å². The number of allylic oxidation sites excluding steroid dienone is 4. The molecule has 0 amide bonds. The Hall–Kier alpha value is -1.64. The van der Waals surface area contributed by atoms with E-state index in [-0.39, 0.29) is 23.4 Å². The molecule has 3 heteroatoms. The van der Waals surface area contributed by atoms with Crippen LogP contribution in [-0.2, 0) is 4.79 Å². The van der Waals surface area contributed by atoms with Gasteiger partial charge in [-0.25, -0.2) is 0 Å². The van der Waals surface area contributed by atoms with Gasteiger partial charge < -0.3 is 5.11 Å². The number of carbonyl (C=O) groups excluding carboxylic acids is 1. The van der Waals surface area contributed by atoms with Crippen molar-refractivity contribution in [1.82, 2.24) is 0 Å². The number of carbonyl (C=O) groups is 1. The van der Waals surface area contributed by atoms with Crippen molar-refractivity contribution in [2.45, 2.75) is 12.8 Å². The van der Waals surface area contributed by atoms with Gasteiger partial charge >= 0.3 is 0 Å². The van der Waals surface area contributed by atoms with Crippen molar-refractivity contribution in [2.75, 3.05) is 6.54 Å². The van der Waals surface area contributed by atoms with E-state index in [9.17, 15) is 9.90 Å². The van der Waals surface area contributed by atoms with Crippen molar-refractivity contribution in [3.8, 4) is 0 Å². The van der Waals surface area contributed by atoms with Crippen LogP contribution in [0.3, 0.4) is 0 Å². The van der Waals surface area contributed by atoms with E-state index in [2.05, 4.69) is 4.99 Å². The normalized spacial score (nSPS) is 32.2. The molecule has 0 aromatic carbocycles. The first kappa shape index (κ1) is 9.58. The minimum Gasteiger partial charge on any atom is -0.508 e. The van der Waals surface area contributed by atoms with Crippen LogP contribution in [-0.4, -0.2) is 23.1 Å². The highest BCUT2D eigenvalue weighted by molar-refractivity contribution is 6.12. The quantitative estimate of drug-likeness (QED) is 0.671. The Labute approximate surface area is 93.9 Å². The topological polar surface area (TPSA) is 49.7 Å². The lowest BCUT2D eigenvalue weighted by Crippen LogP contribution is -2.25. The smallest absolute Gasteiger partial charge is 0.142 e. The van der Waals surface area contributed by atoms with Gasteiger partial charge in [-0.2, -0.15) is 0 Å². The molecule has 1 aliphatic heterocycles. The summed E-state index contributed by atoms with van der Waals surface area (Å²) in [6.07, 6.45) is 8.78. The first-order chi connectivity index (χ1) is 7.75. The highest BCUT2D eigenvalue weighted by atomic mass is 16.3. The van der Waals surface area contributed by atoms with Crippen LogP contribution in [0.15, 0.2) is 40.6 Å². The number of aliphatic hydroxyl groups is 1. The van der Waals surface area contributed by atoms with Crippen LogP contribution in [0.2, 0.25) is 0 Å². The number of rotatable bonds is 0. The van der Waals surface area contributed by atoms with Crippen LogP contribution >= 0.6 is 0 Å². The van der Waals surface area contributed by atoms with Gasteiger partial charge in [0, 0.05) is 18.1 Å². The van der Waals surface area contributed by atoms with Gasteiger partial charge in [-0.05, 0) is 24.1 Å². The fourth-order valence-electron chi connectivity index (χ4n) is 2.72. The molecule has 3 rings (SSSR count). The van der Waals surface area contributed by atoms with Gasteiger partial charge in [0.25, 0.3) is 0 Å². The average molecular weight is 215 g/mol. The molecule has 82 valence electrons. The van der Waals surface area contributed by atoms with E-state index in [4.69, 9.17) is 0 Å². The summed E-state index contributed by atoms with van der Waals surface area (Å²) in [7, 11) is 0. The zero-order valence-electron chi connectivity index (χ0n) is 8.89. The second kappa shape index (κ2) is 3.44. The number of aliphatic hydroxyl groups excluding tert-OH is 1. The Morgan fingerprint density at radius 1 is 1.31 bits per heavy atom. The third-order valence-electron chi connectivity index (χ3n) is 3.50. The molecule has 1 saturated carbocycles. The average Bonchev–Trinajstić information content (AvgIpc) is 2.53. The number of aliphatic imine (C=N–C) groups is 1. The number of nitrogens with zero attached hydrogens (tertiary/aromatic N) is 1. The highest BCUT2D eigenvalue weighted by Crippen LogP contribution is 2.36. The molecule has 1 heterocycles. The highest BCUT2D eigenvalue weighted by Gasteiger charge is 2.39. The van der Waals surface area contributed by atoms with E-state index in [1.807, 2.05) is 12.2 Å². The van der Waals surface area contributed by atoms with Crippen LogP contribution in [0.25, 0.3) is 0 Å². The summed E-state index contributed by atoms with van der Waals surface area (Å²) in [5.41, 5.74) is 2.12. The molecular formula is C13H13NO2. The molecule has 3 aliphatic rings. The molecule has 0 aromatic rings. The van der Waals surface area contributed by atoms with Crippen LogP contribution in [0.4, 0.5) is 0 Å². The van der Waals surface area contributed by atoms with Gasteiger partial charge in [0.05, 0.1) is 12.5 Å². The molecule has 0 aromatic heterocycles. The minimum atomic E-state index is -0.124. The van der Waals surface area contributed by atoms with E-state index in [0.29, 0.717) is 13.0 Å². The van der Waals surface area contributed by atoms with Gasteiger partial charge in [0.15, 0.2) is 0 Å². The van der Waals surface area contributed by atoms with E-state index in [0.717, 1.165) is 17.7 Å². The molecule has 0 spiro atoms. The molecule has 0 saturated heterocycles. The van der Waals surface area contributed by atoms with Crippen molar-refractivity contribution >= 4 is 11.5 Å². The van der Waals surface area contributed by atoms with Crippen LogP contribution in [0.5, 0.6) is 0 Å². The van der Waals surface area contributed by atoms with Gasteiger partial charge in [-0.3, -0.25) is 9.79 Å². The molecule has 1 N–H and O–H groups in total. The Morgan fingerprint density at radius 3 is 3.06 bits per heavy atom. The molecule has 2 atom stereocenters. The molecule has 2 aliphatic carbocycles. The lowest BCUT2D eigenvalue weighted by molar-refractivity contribution is -0.120. The van der Waals surface area contributed by atoms with Gasteiger partial charge in [-0.1, -0.05) is 12.2 Å². The molecule has 0 radical (unpaired) electrons. The summed E-state index contributed by atoms with van der Waals surface area (Å²) < 4.78 is 0. The van der Waals surface area contributed by atoms with Crippen LogP contribution in [0, 0.1) is 11.8 Å². The standard InChI is InChI=1S/C13H13NO2/c15-9-2-1-8-5-6-14-11-3-4-12(16)13(11)10(8)7-9/h1-2,5,7,10,13,15H,3-4,6H2. The lowest BCUT2D eigenvalue weighted by Gasteiger charge is -2.22. The molecule has 16 heavy (non-hydrogen) atoms. The monoisotopic (exact) mass is 215 g/mol. The van der Waals surface area contributed by atoms with Crippen molar-refractivity contribution in [2.24, 2.45) is 16.8 Å². The number of fused-ring (bicyclic) bond motifs is 3. The van der Waals surface area contributed by atoms with Crippen molar-refractivity contribution in [3.63, 3.8) is 0 Å². The second-order valence-corrected chi connectivity index (χ2v) is 4.43. The fourth-order valence-corrected chi connectivity index (χ4v) is 2.72. The number of hydrogen-bond donors (Lipinski definition) is 1. The largest absolute Gasteiger partial charge is 0.508 e. The zero-order chi connectivity index (χ0) is 11.1. The van der Waals surface area contributed by atoms with Gasteiger partial charge in [0.2, 0.25) is 0 Å². The molecule has 0 bridgehead atoms. The van der Waals surface area contributed by atoms with Crippen LogP contribution < -0.4 is 0 Å². The molecule has 3 nitrogen and oxygen atoms in total. The third kappa shape index (κ3) is 1.35. The Morgan fingerprint density at radius 2 is 2.19 bits per heavy atom. The number of Topliss-reactive ketones (excluding diaryl/α,β-unsaturated/α-hetero) is 1. The third-order valence-corrected chi connectivity index (χ3v) is 3.50. The molecular weight excluding hydrogens is 202 g/mol.